The summed E-state index contributed by atoms with van der Waals surface area (Å²) in [5.41, 5.74) is 3.24. The van der Waals surface area contributed by atoms with E-state index in [1.54, 1.807) is 13.0 Å². The van der Waals surface area contributed by atoms with Gasteiger partial charge in [0.1, 0.15) is 0 Å². The summed E-state index contributed by atoms with van der Waals surface area (Å²) < 4.78 is 35.1. The van der Waals surface area contributed by atoms with Gasteiger partial charge in [0.05, 0.1) is 16.1 Å². The Kier molecular flexibility index (Phi) is 3.73. The number of benzene rings is 2. The van der Waals surface area contributed by atoms with Crippen molar-refractivity contribution >= 4 is 26.8 Å². The molecule has 7 heteroatoms. The van der Waals surface area contributed by atoms with E-state index in [4.69, 9.17) is 4.42 Å². The molecular formula is C19H20N2O4S. The van der Waals surface area contributed by atoms with Gasteiger partial charge < -0.3 is 4.42 Å². The van der Waals surface area contributed by atoms with Gasteiger partial charge in [-0.05, 0) is 50.5 Å². The summed E-state index contributed by atoms with van der Waals surface area (Å²) >= 11 is 0. The largest absolute Gasteiger partial charge is 0.419 e. The Balaban J connectivity index is 1.92. The molecule has 136 valence electrons. The lowest BCUT2D eigenvalue weighted by molar-refractivity contribution is 0.512. The first-order valence-electron chi connectivity index (χ1n) is 8.61. The van der Waals surface area contributed by atoms with Crippen molar-refractivity contribution in [2.45, 2.75) is 44.7 Å². The number of oxazole rings is 1. The van der Waals surface area contributed by atoms with Crippen LogP contribution in [0.15, 0.2) is 50.5 Å². The number of nitrogens with zero attached hydrogens (tertiary/aromatic N) is 2. The normalized spacial score (nSPS) is 17.0. The molecule has 0 saturated heterocycles. The number of hydrogen-bond donors (Lipinski definition) is 0. The predicted octanol–water partition coefficient (Wildman–Crippen LogP) is 3.06. The van der Waals surface area contributed by atoms with Crippen LogP contribution in [0.25, 0.3) is 11.1 Å². The molecule has 0 spiro atoms. The number of aryl methyl sites for hydroxylation is 2. The Labute approximate surface area is 151 Å². The van der Waals surface area contributed by atoms with Crippen LogP contribution in [0.2, 0.25) is 0 Å². The minimum absolute atomic E-state index is 0.167. The van der Waals surface area contributed by atoms with Crippen molar-refractivity contribution in [3.63, 3.8) is 0 Å². The predicted molar refractivity (Wildman–Crippen MR) is 100 cm³/mol. The number of fused-ring (bicyclic) bond motifs is 2. The molecule has 6 nitrogen and oxygen atoms in total. The first-order chi connectivity index (χ1) is 12.3. The van der Waals surface area contributed by atoms with Crippen molar-refractivity contribution in [1.29, 1.82) is 0 Å². The van der Waals surface area contributed by atoms with E-state index in [2.05, 4.69) is 0 Å². The molecule has 3 aromatic rings. The highest BCUT2D eigenvalue weighted by Gasteiger charge is 2.37. The quantitative estimate of drug-likeness (QED) is 0.708. The molecule has 0 N–H and O–H groups in total. The molecule has 0 unspecified atom stereocenters. The van der Waals surface area contributed by atoms with Crippen molar-refractivity contribution in [3.8, 4) is 0 Å². The lowest BCUT2D eigenvalue weighted by atomic mass is 10.1. The maximum absolute atomic E-state index is 13.4. The van der Waals surface area contributed by atoms with Crippen LogP contribution in [0, 0.1) is 6.92 Å². The van der Waals surface area contributed by atoms with E-state index in [-0.39, 0.29) is 10.9 Å². The Morgan fingerprint density at radius 3 is 2.69 bits per heavy atom. The highest BCUT2D eigenvalue weighted by atomic mass is 32.2. The van der Waals surface area contributed by atoms with Crippen molar-refractivity contribution < 1.29 is 12.8 Å². The molecule has 0 amide bonds. The number of aromatic nitrogens is 1. The third-order valence-corrected chi connectivity index (χ3v) is 7.03. The second kappa shape index (κ2) is 5.74. The van der Waals surface area contributed by atoms with Crippen LogP contribution < -0.4 is 10.1 Å². The fourth-order valence-corrected chi connectivity index (χ4v) is 5.70. The minimum Gasteiger partial charge on any atom is -0.408 e. The molecule has 0 fully saturated rings. The zero-order chi connectivity index (χ0) is 18.6. The van der Waals surface area contributed by atoms with Crippen LogP contribution in [0.4, 0.5) is 5.69 Å². The van der Waals surface area contributed by atoms with Crippen LogP contribution in [0.3, 0.4) is 0 Å². The van der Waals surface area contributed by atoms with Crippen LogP contribution in [0.5, 0.6) is 0 Å². The van der Waals surface area contributed by atoms with Gasteiger partial charge in [-0.25, -0.2) is 13.2 Å². The van der Waals surface area contributed by atoms with Crippen LogP contribution in [-0.4, -0.2) is 19.0 Å². The van der Waals surface area contributed by atoms with Gasteiger partial charge in [0.2, 0.25) is 0 Å². The summed E-state index contributed by atoms with van der Waals surface area (Å²) in [7, 11) is -3.77. The van der Waals surface area contributed by atoms with E-state index in [0.717, 1.165) is 5.56 Å². The smallest absolute Gasteiger partial charge is 0.408 e. The Morgan fingerprint density at radius 1 is 1.23 bits per heavy atom. The molecule has 4 rings (SSSR count). The number of sulfonamides is 1. The maximum Gasteiger partial charge on any atom is 0.419 e. The molecule has 1 aromatic heterocycles. The molecule has 1 aliphatic rings. The molecular weight excluding hydrogens is 352 g/mol. The van der Waals surface area contributed by atoms with Crippen LogP contribution in [-0.2, 0) is 23.0 Å². The molecule has 26 heavy (non-hydrogen) atoms. The van der Waals surface area contributed by atoms with Gasteiger partial charge in [-0.1, -0.05) is 18.2 Å². The van der Waals surface area contributed by atoms with Gasteiger partial charge in [-0.15, -0.1) is 0 Å². The summed E-state index contributed by atoms with van der Waals surface area (Å²) in [5, 5.41) is 0. The summed E-state index contributed by atoms with van der Waals surface area (Å²) in [6.45, 7) is 5.96. The summed E-state index contributed by atoms with van der Waals surface area (Å²) in [4.78, 5) is 12.1. The van der Waals surface area contributed by atoms with E-state index in [9.17, 15) is 13.2 Å². The molecule has 0 saturated carbocycles. The van der Waals surface area contributed by atoms with Gasteiger partial charge in [-0.3, -0.25) is 8.87 Å². The average molecular weight is 372 g/mol. The summed E-state index contributed by atoms with van der Waals surface area (Å²) in [5.74, 6) is -0.476. The summed E-state index contributed by atoms with van der Waals surface area (Å²) in [6.07, 6.45) is 0.679. The lowest BCUT2D eigenvalue weighted by Crippen LogP contribution is -2.36. The zero-order valence-corrected chi connectivity index (χ0v) is 15.7. The molecule has 2 heterocycles. The third-order valence-electron chi connectivity index (χ3n) is 4.96. The monoisotopic (exact) mass is 372 g/mol. The second-order valence-electron chi connectivity index (χ2n) is 6.68. The second-order valence-corrected chi connectivity index (χ2v) is 8.46. The first kappa shape index (κ1) is 16.9. The van der Waals surface area contributed by atoms with E-state index in [1.807, 2.05) is 38.1 Å². The van der Waals surface area contributed by atoms with Gasteiger partial charge in [0, 0.05) is 18.7 Å². The van der Waals surface area contributed by atoms with Crippen molar-refractivity contribution in [1.82, 2.24) is 4.57 Å². The molecule has 2 aromatic carbocycles. The number of rotatable bonds is 3. The molecule has 0 bridgehead atoms. The highest BCUT2D eigenvalue weighted by Crippen LogP contribution is 2.37. The fraction of sp³-hybridized carbons (Fsp3) is 0.316. The third kappa shape index (κ3) is 2.30. The van der Waals surface area contributed by atoms with E-state index < -0.39 is 15.8 Å². The fourth-order valence-electron chi connectivity index (χ4n) is 3.78. The van der Waals surface area contributed by atoms with Gasteiger partial charge in [0.25, 0.3) is 10.0 Å². The van der Waals surface area contributed by atoms with E-state index >= 15 is 0 Å². The highest BCUT2D eigenvalue weighted by molar-refractivity contribution is 7.93. The molecule has 0 radical (unpaired) electrons. The van der Waals surface area contributed by atoms with Crippen molar-refractivity contribution in [2.24, 2.45) is 0 Å². The topological polar surface area (TPSA) is 72.5 Å². The van der Waals surface area contributed by atoms with Crippen LogP contribution in [0.1, 0.15) is 25.0 Å². The molecule has 0 aliphatic carbocycles. The maximum atomic E-state index is 13.4. The molecule has 1 atom stereocenters. The lowest BCUT2D eigenvalue weighted by Gasteiger charge is -2.25. The Bertz CT molecular complexity index is 1170. The Morgan fingerprint density at radius 2 is 1.96 bits per heavy atom. The average Bonchev–Trinajstić information content (AvgIpc) is 3.08. The first-order valence-corrected chi connectivity index (χ1v) is 10.0. The van der Waals surface area contributed by atoms with Gasteiger partial charge in [0.15, 0.2) is 5.58 Å². The number of anilines is 1. The van der Waals surface area contributed by atoms with Crippen molar-refractivity contribution in [3.05, 3.63) is 58.1 Å². The standard InChI is InChI=1S/C19H20N2O4S/c1-4-20-16-9-12(2)18(11-17(16)25-19(20)22)26(23,24)21-13(3)10-14-7-5-6-8-15(14)21/h5-9,11,13H,4,10H2,1-3H3/t13-/m1/s1. The van der Waals surface area contributed by atoms with Crippen LogP contribution >= 0.6 is 0 Å². The Hall–Kier alpha value is -2.54. The summed E-state index contributed by atoms with van der Waals surface area (Å²) in [6, 6.07) is 10.6. The van der Waals surface area contributed by atoms with E-state index in [0.29, 0.717) is 35.3 Å². The SMILES string of the molecule is CCn1c(=O)oc2cc(S(=O)(=O)N3c4ccccc4C[C@H]3C)c(C)cc21. The van der Waals surface area contributed by atoms with Gasteiger partial charge >= 0.3 is 5.76 Å². The van der Waals surface area contributed by atoms with E-state index in [1.165, 1.54) is 14.9 Å². The minimum atomic E-state index is -3.77. The zero-order valence-electron chi connectivity index (χ0n) is 14.9. The number of hydrogen-bond acceptors (Lipinski definition) is 4. The van der Waals surface area contributed by atoms with Gasteiger partial charge in [-0.2, -0.15) is 0 Å². The van der Waals surface area contributed by atoms with Crippen molar-refractivity contribution in [2.75, 3.05) is 4.31 Å². The number of para-hydroxylation sites is 1. The molecule has 1 aliphatic heterocycles.